The summed E-state index contributed by atoms with van der Waals surface area (Å²) in [7, 11) is 0. The van der Waals surface area contributed by atoms with Crippen LogP contribution >= 0.6 is 0 Å². The van der Waals surface area contributed by atoms with Crippen LogP contribution in [-0.2, 0) is 9.53 Å². The molecular formula is C17H26F4O3. The van der Waals surface area contributed by atoms with E-state index in [1.807, 2.05) is 6.92 Å². The lowest BCUT2D eigenvalue weighted by molar-refractivity contribution is -0.271. The lowest BCUT2D eigenvalue weighted by Gasteiger charge is -2.35. The van der Waals surface area contributed by atoms with Gasteiger partial charge in [0.15, 0.2) is 5.60 Å². The molecule has 2 aliphatic rings. The molecule has 0 saturated heterocycles. The van der Waals surface area contributed by atoms with E-state index < -0.39 is 30.3 Å². The fourth-order valence-electron chi connectivity index (χ4n) is 3.86. The maximum atomic E-state index is 12.9. The molecule has 5 unspecified atom stereocenters. The van der Waals surface area contributed by atoms with E-state index in [9.17, 15) is 27.5 Å². The molecule has 0 aliphatic heterocycles. The first kappa shape index (κ1) is 19.5. The Labute approximate surface area is 139 Å². The number of halogens is 4. The van der Waals surface area contributed by atoms with Crippen molar-refractivity contribution in [2.75, 3.05) is 6.67 Å². The molecular weight excluding hydrogens is 328 g/mol. The Balaban J connectivity index is 1.95. The summed E-state index contributed by atoms with van der Waals surface area (Å²) in [4.78, 5) is 12.2. The van der Waals surface area contributed by atoms with Gasteiger partial charge in [-0.15, -0.1) is 0 Å². The van der Waals surface area contributed by atoms with Crippen LogP contribution < -0.4 is 0 Å². The zero-order valence-corrected chi connectivity index (χ0v) is 14.3. The van der Waals surface area contributed by atoms with E-state index in [2.05, 4.69) is 0 Å². The smallest absolute Gasteiger partial charge is 0.419 e. The van der Waals surface area contributed by atoms with E-state index in [0.29, 0.717) is 25.7 Å². The van der Waals surface area contributed by atoms with E-state index >= 15 is 0 Å². The molecule has 0 aromatic carbocycles. The van der Waals surface area contributed by atoms with Crippen molar-refractivity contribution >= 4 is 5.97 Å². The summed E-state index contributed by atoms with van der Waals surface area (Å²) in [6.07, 6.45) is -3.60. The SMILES string of the molecule is CCC(C)(C)C(=O)OC1CC2CC1CC2CC(O)(CF)C(F)(F)F. The molecule has 0 radical (unpaired) electrons. The molecule has 0 spiro atoms. The van der Waals surface area contributed by atoms with Crippen LogP contribution in [0.5, 0.6) is 0 Å². The number of rotatable bonds is 6. The van der Waals surface area contributed by atoms with Crippen LogP contribution in [0.25, 0.3) is 0 Å². The average molecular weight is 354 g/mol. The molecule has 1 N–H and O–H groups in total. The van der Waals surface area contributed by atoms with Crippen molar-refractivity contribution in [3.8, 4) is 0 Å². The summed E-state index contributed by atoms with van der Waals surface area (Å²) in [6.45, 7) is 3.67. The van der Waals surface area contributed by atoms with Crippen LogP contribution in [0, 0.1) is 23.2 Å². The lowest BCUT2D eigenvalue weighted by Crippen LogP contribution is -2.49. The lowest BCUT2D eigenvalue weighted by atomic mass is 9.79. The summed E-state index contributed by atoms with van der Waals surface area (Å²) in [5.74, 6) is -0.715. The summed E-state index contributed by atoms with van der Waals surface area (Å²) in [5, 5.41) is 9.61. The van der Waals surface area contributed by atoms with E-state index in [4.69, 9.17) is 4.74 Å². The molecule has 24 heavy (non-hydrogen) atoms. The fraction of sp³-hybridized carbons (Fsp3) is 0.941. The highest BCUT2D eigenvalue weighted by Gasteiger charge is 2.58. The first-order chi connectivity index (χ1) is 10.9. The minimum absolute atomic E-state index is 0.00806. The number of carbonyl (C=O) groups excluding carboxylic acids is 1. The van der Waals surface area contributed by atoms with Crippen molar-refractivity contribution in [1.29, 1.82) is 0 Å². The summed E-state index contributed by atoms with van der Waals surface area (Å²) in [6, 6.07) is 0. The zero-order valence-electron chi connectivity index (χ0n) is 14.3. The quantitative estimate of drug-likeness (QED) is 0.579. The monoisotopic (exact) mass is 354 g/mol. The van der Waals surface area contributed by atoms with Crippen LogP contribution in [0.15, 0.2) is 0 Å². The molecule has 2 rings (SSSR count). The third-order valence-corrected chi connectivity index (χ3v) is 5.98. The molecule has 0 aromatic rings. The number of hydrogen-bond donors (Lipinski definition) is 1. The third-order valence-electron chi connectivity index (χ3n) is 5.98. The average Bonchev–Trinajstić information content (AvgIpc) is 3.05. The topological polar surface area (TPSA) is 46.5 Å². The van der Waals surface area contributed by atoms with E-state index in [1.54, 1.807) is 13.8 Å². The minimum Gasteiger partial charge on any atom is -0.462 e. The maximum absolute atomic E-state index is 12.9. The third kappa shape index (κ3) is 3.55. The first-order valence-electron chi connectivity index (χ1n) is 8.49. The van der Waals surface area contributed by atoms with E-state index in [0.717, 1.165) is 0 Å². The highest BCUT2D eigenvalue weighted by atomic mass is 19.4. The Bertz CT molecular complexity index is 477. The fourth-order valence-corrected chi connectivity index (χ4v) is 3.86. The molecule has 2 bridgehead atoms. The molecule has 2 aliphatic carbocycles. The van der Waals surface area contributed by atoms with Gasteiger partial charge in [-0.25, -0.2) is 4.39 Å². The van der Waals surface area contributed by atoms with Crippen LogP contribution in [-0.4, -0.2) is 35.6 Å². The molecule has 0 aromatic heterocycles. The number of aliphatic hydroxyl groups is 1. The second kappa shape index (κ2) is 6.46. The molecule has 2 fully saturated rings. The van der Waals surface area contributed by atoms with Gasteiger partial charge >= 0.3 is 12.1 Å². The number of alkyl halides is 4. The molecule has 140 valence electrons. The Morgan fingerprint density at radius 1 is 1.17 bits per heavy atom. The van der Waals surface area contributed by atoms with Crippen molar-refractivity contribution in [3.63, 3.8) is 0 Å². The van der Waals surface area contributed by atoms with Gasteiger partial charge < -0.3 is 9.84 Å². The Kier molecular flexibility index (Phi) is 5.25. The first-order valence-corrected chi connectivity index (χ1v) is 8.49. The highest BCUT2D eigenvalue weighted by molar-refractivity contribution is 5.76. The van der Waals surface area contributed by atoms with Gasteiger partial charge in [0, 0.05) is 0 Å². The molecule has 2 saturated carbocycles. The van der Waals surface area contributed by atoms with Gasteiger partial charge in [-0.05, 0) is 63.7 Å². The Hall–Kier alpha value is -0.850. The Morgan fingerprint density at radius 2 is 1.79 bits per heavy atom. The number of esters is 1. The van der Waals surface area contributed by atoms with Gasteiger partial charge in [0.1, 0.15) is 12.8 Å². The molecule has 0 amide bonds. The van der Waals surface area contributed by atoms with Gasteiger partial charge in [-0.1, -0.05) is 6.92 Å². The Morgan fingerprint density at radius 3 is 2.21 bits per heavy atom. The second-order valence-electron chi connectivity index (χ2n) is 8.04. The van der Waals surface area contributed by atoms with Gasteiger partial charge in [0.2, 0.25) is 0 Å². The number of fused-ring (bicyclic) bond motifs is 2. The number of ether oxygens (including phenoxy) is 1. The van der Waals surface area contributed by atoms with Crippen molar-refractivity contribution < 1.29 is 32.2 Å². The number of carbonyl (C=O) groups is 1. The van der Waals surface area contributed by atoms with Crippen LogP contribution in [0.1, 0.15) is 52.9 Å². The molecule has 3 nitrogen and oxygen atoms in total. The van der Waals surface area contributed by atoms with Gasteiger partial charge in [-0.3, -0.25) is 4.79 Å². The van der Waals surface area contributed by atoms with E-state index in [-0.39, 0.29) is 29.8 Å². The molecule has 7 heteroatoms. The van der Waals surface area contributed by atoms with Gasteiger partial charge in [0.05, 0.1) is 5.41 Å². The van der Waals surface area contributed by atoms with Gasteiger partial charge in [0.25, 0.3) is 0 Å². The largest absolute Gasteiger partial charge is 0.462 e. The van der Waals surface area contributed by atoms with E-state index in [1.165, 1.54) is 0 Å². The predicted octanol–water partition coefficient (Wildman–Crippen LogP) is 4.03. The van der Waals surface area contributed by atoms with Gasteiger partial charge in [-0.2, -0.15) is 13.2 Å². The highest BCUT2D eigenvalue weighted by Crippen LogP contribution is 2.53. The molecule has 0 heterocycles. The van der Waals surface area contributed by atoms with Crippen molar-refractivity contribution in [2.45, 2.75) is 70.8 Å². The van der Waals surface area contributed by atoms with Crippen LogP contribution in [0.2, 0.25) is 0 Å². The van der Waals surface area contributed by atoms with Crippen molar-refractivity contribution in [1.82, 2.24) is 0 Å². The summed E-state index contributed by atoms with van der Waals surface area (Å²) >= 11 is 0. The zero-order chi connectivity index (χ0) is 18.3. The summed E-state index contributed by atoms with van der Waals surface area (Å²) in [5.41, 5.74) is -3.84. The maximum Gasteiger partial charge on any atom is 0.419 e. The van der Waals surface area contributed by atoms with Crippen LogP contribution in [0.4, 0.5) is 17.6 Å². The minimum atomic E-state index is -4.97. The standard InChI is InChI=1S/C17H26F4O3/c1-4-15(2,3)14(22)24-13-7-10-5-11(13)6-12(10)8-16(23,9-18)17(19,20)21/h10-13,23H,4-9H2,1-3H3. The summed E-state index contributed by atoms with van der Waals surface area (Å²) < 4.78 is 57.0. The molecule has 5 atom stereocenters. The normalized spacial score (nSPS) is 32.7. The predicted molar refractivity (Wildman–Crippen MR) is 79.9 cm³/mol. The second-order valence-corrected chi connectivity index (χ2v) is 8.04. The van der Waals surface area contributed by atoms with Crippen molar-refractivity contribution in [3.05, 3.63) is 0 Å². The number of hydrogen-bond acceptors (Lipinski definition) is 3. The van der Waals surface area contributed by atoms with Crippen molar-refractivity contribution in [2.24, 2.45) is 23.2 Å². The van der Waals surface area contributed by atoms with Crippen LogP contribution in [0.3, 0.4) is 0 Å².